The summed E-state index contributed by atoms with van der Waals surface area (Å²) in [6.07, 6.45) is 0. The van der Waals surface area contributed by atoms with E-state index in [1.807, 2.05) is 53.8 Å². The molecule has 4 nitrogen and oxygen atoms in total. The lowest BCUT2D eigenvalue weighted by Crippen LogP contribution is -1.98. The highest BCUT2D eigenvalue weighted by molar-refractivity contribution is 7.27. The molecule has 3 heterocycles. The fraction of sp³-hybridized carbons (Fsp3) is 0. The van der Waals surface area contributed by atoms with Crippen molar-refractivity contribution in [2.75, 3.05) is 0 Å². The second-order valence-corrected chi connectivity index (χ2v) is 13.4. The maximum Gasteiger partial charge on any atom is 0.0992 e. The van der Waals surface area contributed by atoms with Gasteiger partial charge in [-0.3, -0.25) is 0 Å². The molecule has 0 unspecified atom stereocenters. The summed E-state index contributed by atoms with van der Waals surface area (Å²) in [5.41, 5.74) is 9.88. The number of rotatable bonds is 3. The summed E-state index contributed by atoms with van der Waals surface area (Å²) in [6.45, 7) is 0. The zero-order valence-corrected chi connectivity index (χ0v) is 26.9. The van der Waals surface area contributed by atoms with E-state index in [2.05, 4.69) is 124 Å². The van der Waals surface area contributed by atoms with Crippen LogP contribution in [0.3, 0.4) is 0 Å². The zero-order chi connectivity index (χ0) is 32.6. The molecule has 7 aromatic carbocycles. The summed E-state index contributed by atoms with van der Waals surface area (Å²) in [6, 6.07) is 55.2. The maximum absolute atomic E-state index is 10.1. The summed E-state index contributed by atoms with van der Waals surface area (Å²) in [4.78, 5) is 0. The van der Waals surface area contributed by atoms with Gasteiger partial charge in [0, 0.05) is 53.8 Å². The molecule has 226 valence electrons. The number of benzene rings is 7. The molecule has 0 saturated carbocycles. The van der Waals surface area contributed by atoms with Crippen molar-refractivity contribution in [2.45, 2.75) is 0 Å². The summed E-state index contributed by atoms with van der Waals surface area (Å²) < 4.78 is 7.10. The van der Waals surface area contributed by atoms with E-state index in [1.54, 1.807) is 0 Å². The van der Waals surface area contributed by atoms with Crippen LogP contribution in [-0.2, 0) is 0 Å². The fourth-order valence-electron chi connectivity index (χ4n) is 7.68. The Morgan fingerprint density at radius 2 is 1.04 bits per heavy atom. The molecular weight excluding hydrogens is 617 g/mol. The van der Waals surface area contributed by atoms with Crippen LogP contribution in [0.4, 0.5) is 0 Å². The van der Waals surface area contributed by atoms with Crippen molar-refractivity contribution in [3.05, 3.63) is 157 Å². The number of thiophene rings is 1. The van der Waals surface area contributed by atoms with Crippen molar-refractivity contribution < 1.29 is 0 Å². The Hall–Kier alpha value is -6.66. The maximum atomic E-state index is 10.1. The minimum absolute atomic E-state index is 0.593. The number of nitrogens with zero attached hydrogens (tertiary/aromatic N) is 4. The minimum Gasteiger partial charge on any atom is -0.309 e. The van der Waals surface area contributed by atoms with E-state index in [0.29, 0.717) is 11.1 Å². The van der Waals surface area contributed by atoms with Gasteiger partial charge in [0.05, 0.1) is 55.7 Å². The number of hydrogen-bond acceptors (Lipinski definition) is 3. The number of hydrogen-bond donors (Lipinski definition) is 0. The smallest absolute Gasteiger partial charge is 0.0992 e. The molecule has 0 bridgehead atoms. The second-order valence-electron chi connectivity index (χ2n) is 12.4. The van der Waals surface area contributed by atoms with Crippen LogP contribution >= 0.6 is 11.3 Å². The first-order chi connectivity index (χ1) is 24.2. The van der Waals surface area contributed by atoms with Crippen molar-refractivity contribution in [2.24, 2.45) is 0 Å². The van der Waals surface area contributed by atoms with Gasteiger partial charge in [-0.25, -0.2) is 0 Å². The monoisotopic (exact) mass is 640 g/mol. The van der Waals surface area contributed by atoms with Crippen molar-refractivity contribution in [1.29, 1.82) is 10.5 Å². The Labute approximate surface area is 285 Å². The fourth-order valence-corrected chi connectivity index (χ4v) is 9.04. The predicted molar refractivity (Wildman–Crippen MR) is 203 cm³/mol. The van der Waals surface area contributed by atoms with E-state index in [4.69, 9.17) is 0 Å². The van der Waals surface area contributed by atoms with Crippen LogP contribution in [0.1, 0.15) is 11.1 Å². The SMILES string of the molecule is N#Cc1ccc(-c2cccc3c2sc2c3ccc3c4ccccc4n(-c4ccccc4)c32)c(-n2c3ccccc3c3cc(C#N)ccc32)c1. The molecule has 0 aliphatic heterocycles. The van der Waals surface area contributed by atoms with Gasteiger partial charge in [0.2, 0.25) is 0 Å². The van der Waals surface area contributed by atoms with Crippen molar-refractivity contribution in [3.63, 3.8) is 0 Å². The van der Waals surface area contributed by atoms with Gasteiger partial charge < -0.3 is 9.13 Å². The van der Waals surface area contributed by atoms with Crippen LogP contribution in [0.25, 0.3) is 86.3 Å². The van der Waals surface area contributed by atoms with E-state index < -0.39 is 0 Å². The van der Waals surface area contributed by atoms with E-state index >= 15 is 0 Å². The molecular formula is C44H24N4S. The van der Waals surface area contributed by atoms with E-state index in [1.165, 1.54) is 42.0 Å². The standard InChI is InChI=1S/C44H24N4S/c45-25-27-18-22-40-37(23-27)31-12-5-7-16-39(31)48(40)41-24-28(26-46)17-19-32(41)34-13-8-14-35-36-21-20-33-30-11-4-6-15-38(30)47(29-9-2-1-3-10-29)42(33)44(36)49-43(34)35/h1-24H. The molecule has 3 aromatic heterocycles. The van der Waals surface area contributed by atoms with Gasteiger partial charge in [0.15, 0.2) is 0 Å². The summed E-state index contributed by atoms with van der Waals surface area (Å²) in [7, 11) is 0. The number of para-hydroxylation sites is 3. The molecule has 10 aromatic rings. The van der Waals surface area contributed by atoms with Crippen LogP contribution in [-0.4, -0.2) is 9.13 Å². The minimum atomic E-state index is 0.593. The Morgan fingerprint density at radius 1 is 0.429 bits per heavy atom. The Morgan fingerprint density at radius 3 is 1.84 bits per heavy atom. The van der Waals surface area contributed by atoms with Crippen LogP contribution in [0.15, 0.2) is 146 Å². The molecule has 0 fully saturated rings. The molecule has 0 spiro atoms. The molecule has 0 N–H and O–H groups in total. The quantitative estimate of drug-likeness (QED) is 0.193. The van der Waals surface area contributed by atoms with Crippen molar-refractivity contribution >= 4 is 75.1 Å². The highest BCUT2D eigenvalue weighted by Crippen LogP contribution is 2.47. The van der Waals surface area contributed by atoms with E-state index in [-0.39, 0.29) is 0 Å². The first-order valence-electron chi connectivity index (χ1n) is 16.1. The van der Waals surface area contributed by atoms with Gasteiger partial charge >= 0.3 is 0 Å². The van der Waals surface area contributed by atoms with Crippen LogP contribution in [0.2, 0.25) is 0 Å². The number of nitriles is 2. The van der Waals surface area contributed by atoms with E-state index in [9.17, 15) is 10.5 Å². The molecule has 5 heteroatoms. The van der Waals surface area contributed by atoms with Gasteiger partial charge in [0.25, 0.3) is 0 Å². The van der Waals surface area contributed by atoms with Gasteiger partial charge in [-0.05, 0) is 54.6 Å². The predicted octanol–water partition coefficient (Wildman–Crippen LogP) is 11.7. The van der Waals surface area contributed by atoms with Gasteiger partial charge in [-0.1, -0.05) is 91.0 Å². The van der Waals surface area contributed by atoms with Crippen LogP contribution in [0.5, 0.6) is 0 Å². The summed E-state index contributed by atoms with van der Waals surface area (Å²) in [5.74, 6) is 0. The zero-order valence-electron chi connectivity index (χ0n) is 26.1. The number of aromatic nitrogens is 2. The first-order valence-corrected chi connectivity index (χ1v) is 17.0. The lowest BCUT2D eigenvalue weighted by atomic mass is 9.99. The third-order valence-electron chi connectivity index (χ3n) is 9.77. The molecule has 0 amide bonds. The number of fused-ring (bicyclic) bond motifs is 10. The third kappa shape index (κ3) is 3.88. The Kier molecular flexibility index (Phi) is 5.84. The van der Waals surface area contributed by atoms with Gasteiger partial charge in [-0.15, -0.1) is 11.3 Å². The van der Waals surface area contributed by atoms with Gasteiger partial charge in [0.1, 0.15) is 0 Å². The average molecular weight is 641 g/mol. The largest absolute Gasteiger partial charge is 0.309 e. The summed E-state index contributed by atoms with van der Waals surface area (Å²) in [5, 5.41) is 26.8. The highest BCUT2D eigenvalue weighted by Gasteiger charge is 2.21. The molecule has 0 radical (unpaired) electrons. The molecule has 49 heavy (non-hydrogen) atoms. The van der Waals surface area contributed by atoms with Crippen molar-refractivity contribution in [3.8, 4) is 34.6 Å². The molecule has 0 atom stereocenters. The van der Waals surface area contributed by atoms with Crippen LogP contribution in [0, 0.1) is 22.7 Å². The molecule has 10 rings (SSSR count). The topological polar surface area (TPSA) is 57.4 Å². The lowest BCUT2D eigenvalue weighted by molar-refractivity contribution is 1.18. The van der Waals surface area contributed by atoms with Crippen LogP contribution < -0.4 is 0 Å². The summed E-state index contributed by atoms with van der Waals surface area (Å²) >= 11 is 1.83. The first kappa shape index (κ1) is 27.5. The molecule has 0 aliphatic rings. The molecule has 0 aliphatic carbocycles. The lowest BCUT2D eigenvalue weighted by Gasteiger charge is -2.15. The Bertz CT molecular complexity index is 3070. The average Bonchev–Trinajstić information content (AvgIpc) is 3.82. The second kappa shape index (κ2) is 10.4. The third-order valence-corrected chi connectivity index (χ3v) is 11.0. The molecule has 0 saturated heterocycles. The Balaban J connectivity index is 1.31. The van der Waals surface area contributed by atoms with Crippen molar-refractivity contribution in [1.82, 2.24) is 9.13 Å². The normalized spacial score (nSPS) is 11.6. The highest BCUT2D eigenvalue weighted by atomic mass is 32.1. The van der Waals surface area contributed by atoms with Gasteiger partial charge in [-0.2, -0.15) is 10.5 Å². The van der Waals surface area contributed by atoms with E-state index in [0.717, 1.165) is 44.3 Å².